The van der Waals surface area contributed by atoms with E-state index < -0.39 is 0 Å². The van der Waals surface area contributed by atoms with Gasteiger partial charge in [0.1, 0.15) is 6.10 Å². The molecular weight excluding hydrogens is 238 g/mol. The van der Waals surface area contributed by atoms with Crippen LogP contribution in [0.1, 0.15) is 58.3 Å². The lowest BCUT2D eigenvalue weighted by molar-refractivity contribution is -0.162. The van der Waals surface area contributed by atoms with Gasteiger partial charge in [-0.2, -0.15) is 0 Å². The van der Waals surface area contributed by atoms with Gasteiger partial charge in [-0.25, -0.2) is 0 Å². The molecule has 1 saturated heterocycles. The van der Waals surface area contributed by atoms with Crippen LogP contribution in [0.2, 0.25) is 0 Å². The maximum absolute atomic E-state index is 11.4. The van der Waals surface area contributed by atoms with Crippen LogP contribution in [0.3, 0.4) is 0 Å². The highest BCUT2D eigenvalue weighted by Gasteiger charge is 2.45. The summed E-state index contributed by atoms with van der Waals surface area (Å²) in [7, 11) is 0. The van der Waals surface area contributed by atoms with Gasteiger partial charge in [-0.05, 0) is 57.5 Å². The SMILES string of the molecule is CC(=O)OC1C2CCCC1C(N1CCCCC1)CC2. The summed E-state index contributed by atoms with van der Waals surface area (Å²) < 4.78 is 5.71. The highest BCUT2D eigenvalue weighted by Crippen LogP contribution is 2.44. The van der Waals surface area contributed by atoms with E-state index in [-0.39, 0.29) is 12.1 Å². The third kappa shape index (κ3) is 2.81. The molecule has 3 heteroatoms. The van der Waals surface area contributed by atoms with Crippen molar-refractivity contribution in [3.05, 3.63) is 0 Å². The Bertz CT molecular complexity index is 325. The van der Waals surface area contributed by atoms with E-state index >= 15 is 0 Å². The number of rotatable bonds is 2. The number of ether oxygens (including phenoxy) is 1. The molecule has 2 aliphatic carbocycles. The van der Waals surface area contributed by atoms with Crippen molar-refractivity contribution in [2.45, 2.75) is 70.4 Å². The summed E-state index contributed by atoms with van der Waals surface area (Å²) in [6.07, 6.45) is 10.8. The Labute approximate surface area is 116 Å². The second kappa shape index (κ2) is 5.82. The number of carbonyl (C=O) groups excluding carboxylic acids is 1. The van der Waals surface area contributed by atoms with Crippen LogP contribution in [-0.4, -0.2) is 36.1 Å². The van der Waals surface area contributed by atoms with Crippen molar-refractivity contribution in [1.29, 1.82) is 0 Å². The van der Waals surface area contributed by atoms with Gasteiger partial charge < -0.3 is 4.74 Å². The van der Waals surface area contributed by atoms with Gasteiger partial charge in [0.05, 0.1) is 0 Å². The highest BCUT2D eigenvalue weighted by atomic mass is 16.5. The molecule has 1 aliphatic heterocycles. The number of fused-ring (bicyclic) bond motifs is 2. The minimum atomic E-state index is -0.0822. The molecule has 0 aromatic heterocycles. The number of piperidine rings is 1. The van der Waals surface area contributed by atoms with Crippen LogP contribution >= 0.6 is 0 Å². The molecule has 0 aromatic carbocycles. The third-order valence-corrected chi connectivity index (χ3v) is 5.49. The zero-order valence-electron chi connectivity index (χ0n) is 12.1. The minimum absolute atomic E-state index is 0.0822. The van der Waals surface area contributed by atoms with Gasteiger partial charge in [0.2, 0.25) is 0 Å². The zero-order valence-corrected chi connectivity index (χ0v) is 12.1. The van der Waals surface area contributed by atoms with Crippen molar-refractivity contribution in [1.82, 2.24) is 4.90 Å². The Morgan fingerprint density at radius 2 is 1.79 bits per heavy atom. The first-order chi connectivity index (χ1) is 9.25. The molecule has 108 valence electrons. The van der Waals surface area contributed by atoms with Crippen LogP contribution in [0.4, 0.5) is 0 Å². The molecule has 2 bridgehead atoms. The fourth-order valence-electron chi connectivity index (χ4n) is 4.69. The molecule has 4 atom stereocenters. The van der Waals surface area contributed by atoms with Gasteiger partial charge in [0.15, 0.2) is 0 Å². The van der Waals surface area contributed by atoms with Crippen molar-refractivity contribution < 1.29 is 9.53 Å². The van der Waals surface area contributed by atoms with Crippen molar-refractivity contribution in [3.8, 4) is 0 Å². The molecule has 4 unspecified atom stereocenters. The molecule has 3 aliphatic rings. The van der Waals surface area contributed by atoms with Crippen molar-refractivity contribution in [2.75, 3.05) is 13.1 Å². The molecule has 0 radical (unpaired) electrons. The number of esters is 1. The predicted molar refractivity (Wildman–Crippen MR) is 74.8 cm³/mol. The van der Waals surface area contributed by atoms with Gasteiger partial charge in [-0.3, -0.25) is 9.69 Å². The minimum Gasteiger partial charge on any atom is -0.462 e. The van der Waals surface area contributed by atoms with Gasteiger partial charge in [-0.1, -0.05) is 12.8 Å². The van der Waals surface area contributed by atoms with E-state index in [0.717, 1.165) is 0 Å². The number of hydrogen-bond donors (Lipinski definition) is 0. The normalized spacial score (nSPS) is 39.8. The van der Waals surface area contributed by atoms with E-state index in [1.807, 2.05) is 0 Å². The van der Waals surface area contributed by atoms with E-state index in [0.29, 0.717) is 17.9 Å². The molecule has 2 saturated carbocycles. The standard InChI is InChI=1S/C16H27NO2/c1-12(18)19-16-13-6-5-7-14(16)15(9-8-13)17-10-3-2-4-11-17/h13-16H,2-11H2,1H3. The Morgan fingerprint density at radius 1 is 1.00 bits per heavy atom. The molecule has 1 heterocycles. The summed E-state index contributed by atoms with van der Waals surface area (Å²) in [6, 6.07) is 0.682. The Balaban J connectivity index is 1.72. The van der Waals surface area contributed by atoms with E-state index in [1.54, 1.807) is 6.92 Å². The number of hydrogen-bond acceptors (Lipinski definition) is 3. The Morgan fingerprint density at radius 3 is 2.53 bits per heavy atom. The second-order valence-corrected chi connectivity index (χ2v) is 6.67. The maximum Gasteiger partial charge on any atom is 0.302 e. The monoisotopic (exact) mass is 265 g/mol. The summed E-state index contributed by atoms with van der Waals surface area (Å²) in [5.74, 6) is 1.17. The lowest BCUT2D eigenvalue weighted by atomic mass is 9.67. The lowest BCUT2D eigenvalue weighted by Gasteiger charge is -2.50. The average Bonchev–Trinajstić information content (AvgIpc) is 2.39. The van der Waals surface area contributed by atoms with Gasteiger partial charge >= 0.3 is 5.97 Å². The summed E-state index contributed by atoms with van der Waals surface area (Å²) in [6.45, 7) is 4.09. The summed E-state index contributed by atoms with van der Waals surface area (Å²) in [5.41, 5.74) is 0. The molecule has 19 heavy (non-hydrogen) atoms. The van der Waals surface area contributed by atoms with Crippen LogP contribution in [0.5, 0.6) is 0 Å². The topological polar surface area (TPSA) is 29.5 Å². The molecule has 3 rings (SSSR count). The van der Waals surface area contributed by atoms with Crippen molar-refractivity contribution >= 4 is 5.97 Å². The van der Waals surface area contributed by atoms with E-state index in [2.05, 4.69) is 4.90 Å². The van der Waals surface area contributed by atoms with Crippen LogP contribution in [0.15, 0.2) is 0 Å². The molecule has 0 aromatic rings. The maximum atomic E-state index is 11.4. The highest BCUT2D eigenvalue weighted by molar-refractivity contribution is 5.66. The third-order valence-electron chi connectivity index (χ3n) is 5.49. The lowest BCUT2D eigenvalue weighted by Crippen LogP contribution is -2.54. The molecule has 3 nitrogen and oxygen atoms in total. The summed E-state index contributed by atoms with van der Waals surface area (Å²) in [5, 5.41) is 0. The smallest absolute Gasteiger partial charge is 0.302 e. The quantitative estimate of drug-likeness (QED) is 0.719. The molecular formula is C16H27NO2. The molecule has 0 spiro atoms. The molecule has 0 amide bonds. The molecule has 0 N–H and O–H groups in total. The zero-order chi connectivity index (χ0) is 13.2. The number of likely N-dealkylation sites (tertiary alicyclic amines) is 1. The van der Waals surface area contributed by atoms with E-state index in [1.165, 1.54) is 64.5 Å². The van der Waals surface area contributed by atoms with Gasteiger partial charge in [-0.15, -0.1) is 0 Å². The van der Waals surface area contributed by atoms with Gasteiger partial charge in [0.25, 0.3) is 0 Å². The van der Waals surface area contributed by atoms with Gasteiger partial charge in [0, 0.05) is 18.9 Å². The van der Waals surface area contributed by atoms with Crippen LogP contribution < -0.4 is 0 Å². The number of carbonyl (C=O) groups is 1. The van der Waals surface area contributed by atoms with Crippen molar-refractivity contribution in [2.24, 2.45) is 11.8 Å². The molecule has 3 fully saturated rings. The fourth-order valence-corrected chi connectivity index (χ4v) is 4.69. The fraction of sp³-hybridized carbons (Fsp3) is 0.938. The Kier molecular flexibility index (Phi) is 4.11. The largest absolute Gasteiger partial charge is 0.462 e. The van der Waals surface area contributed by atoms with Crippen LogP contribution in [-0.2, 0) is 9.53 Å². The Hall–Kier alpha value is -0.570. The predicted octanol–water partition coefficient (Wildman–Crippen LogP) is 2.98. The first-order valence-corrected chi connectivity index (χ1v) is 8.17. The second-order valence-electron chi connectivity index (χ2n) is 6.67. The first kappa shape index (κ1) is 13.4. The average molecular weight is 265 g/mol. The summed E-state index contributed by atoms with van der Waals surface area (Å²) in [4.78, 5) is 14.1. The van der Waals surface area contributed by atoms with Crippen molar-refractivity contribution in [3.63, 3.8) is 0 Å². The number of nitrogens with zero attached hydrogens (tertiary/aromatic N) is 1. The first-order valence-electron chi connectivity index (χ1n) is 8.17. The van der Waals surface area contributed by atoms with Crippen LogP contribution in [0, 0.1) is 11.8 Å². The summed E-state index contributed by atoms with van der Waals surface area (Å²) >= 11 is 0. The van der Waals surface area contributed by atoms with Crippen LogP contribution in [0.25, 0.3) is 0 Å². The van der Waals surface area contributed by atoms with E-state index in [4.69, 9.17) is 4.74 Å². The van der Waals surface area contributed by atoms with E-state index in [9.17, 15) is 4.79 Å².